The second-order valence-electron chi connectivity index (χ2n) is 17.1. The molecule has 0 spiro atoms. The van der Waals surface area contributed by atoms with Crippen LogP contribution >= 0.6 is 0 Å². The van der Waals surface area contributed by atoms with Gasteiger partial charge in [-0.1, -0.05) is 19.8 Å². The molecule has 4 saturated heterocycles. The van der Waals surface area contributed by atoms with Gasteiger partial charge in [-0.05, 0) is 193 Å². The Bertz CT molecular complexity index is 592. The standard InChI is InChI=1S/C10H21N.2C9H19N.C8H17N/c1-9-5-7-11(8-6-9)10(2,3)4;2*1-9(2,3)10-7-5-4-6-8-10;1-8(2,3)9-6-4-5-7-9/h9H,5-8H2,1-4H3;2*4-8H2,1-3H3;4-7H2,1-3H3. The molecular weight excluding hydrogens is 488 g/mol. The Hall–Kier alpha value is -0.160. The van der Waals surface area contributed by atoms with Gasteiger partial charge in [-0.25, -0.2) is 0 Å². The average molecular weight is 565 g/mol. The molecule has 4 heteroatoms. The van der Waals surface area contributed by atoms with Gasteiger partial charge in [0.2, 0.25) is 0 Å². The third-order valence-electron chi connectivity index (χ3n) is 9.40. The van der Waals surface area contributed by atoms with Crippen LogP contribution in [0.25, 0.3) is 0 Å². The second kappa shape index (κ2) is 17.2. The molecule has 40 heavy (non-hydrogen) atoms. The fourth-order valence-electron chi connectivity index (χ4n) is 6.20. The minimum absolute atomic E-state index is 0.389. The summed E-state index contributed by atoms with van der Waals surface area (Å²) in [6, 6.07) is 0. The predicted molar refractivity (Wildman–Crippen MR) is 181 cm³/mol. The summed E-state index contributed by atoms with van der Waals surface area (Å²) in [6.07, 6.45) is 14.0. The second-order valence-corrected chi connectivity index (χ2v) is 17.1. The first kappa shape index (κ1) is 37.9. The lowest BCUT2D eigenvalue weighted by Crippen LogP contribution is -2.45. The molecule has 4 rings (SSSR count). The average Bonchev–Trinajstić information content (AvgIpc) is 3.41. The van der Waals surface area contributed by atoms with E-state index in [0.717, 1.165) is 5.92 Å². The van der Waals surface area contributed by atoms with Crippen LogP contribution < -0.4 is 0 Å². The highest BCUT2D eigenvalue weighted by atomic mass is 15.2. The summed E-state index contributed by atoms with van der Waals surface area (Å²) in [7, 11) is 0. The third kappa shape index (κ3) is 15.9. The molecule has 4 fully saturated rings. The minimum Gasteiger partial charge on any atom is -0.298 e. The summed E-state index contributed by atoms with van der Waals surface area (Å²) in [5.41, 5.74) is 1.61. The summed E-state index contributed by atoms with van der Waals surface area (Å²) >= 11 is 0. The zero-order valence-electron chi connectivity index (χ0n) is 30.1. The molecule has 0 bridgehead atoms. The van der Waals surface area contributed by atoms with Gasteiger partial charge >= 0.3 is 0 Å². The molecule has 0 aromatic heterocycles. The van der Waals surface area contributed by atoms with E-state index >= 15 is 0 Å². The third-order valence-corrected chi connectivity index (χ3v) is 9.40. The van der Waals surface area contributed by atoms with Gasteiger partial charge in [0.05, 0.1) is 0 Å². The van der Waals surface area contributed by atoms with Gasteiger partial charge in [-0.3, -0.25) is 19.6 Å². The Balaban J connectivity index is 0.000000267. The van der Waals surface area contributed by atoms with Gasteiger partial charge in [0.15, 0.2) is 0 Å². The summed E-state index contributed by atoms with van der Waals surface area (Å²) in [5.74, 6) is 0.952. The molecule has 4 heterocycles. The summed E-state index contributed by atoms with van der Waals surface area (Å²) in [6.45, 7) is 40.4. The lowest BCUT2D eigenvalue weighted by molar-refractivity contribution is 0.0916. The van der Waals surface area contributed by atoms with Crippen molar-refractivity contribution < 1.29 is 0 Å². The predicted octanol–water partition coefficient (Wildman–Crippen LogP) is 8.94. The number of hydrogen-bond acceptors (Lipinski definition) is 4. The molecule has 0 aromatic carbocycles. The first-order valence-electron chi connectivity index (χ1n) is 17.3. The van der Waals surface area contributed by atoms with Crippen LogP contribution in [0.5, 0.6) is 0 Å². The van der Waals surface area contributed by atoms with E-state index in [2.05, 4.69) is 110 Å². The molecule has 0 atom stereocenters. The first-order valence-corrected chi connectivity index (χ1v) is 17.3. The zero-order chi connectivity index (χ0) is 30.6. The normalized spacial score (nSPS) is 23.3. The number of nitrogens with zero attached hydrogens (tertiary/aromatic N) is 4. The maximum Gasteiger partial charge on any atom is 0.0125 e. The molecule has 0 N–H and O–H groups in total. The maximum atomic E-state index is 2.59. The van der Waals surface area contributed by atoms with Crippen molar-refractivity contribution in [3.63, 3.8) is 0 Å². The fourth-order valence-corrected chi connectivity index (χ4v) is 6.20. The molecule has 4 nitrogen and oxygen atoms in total. The lowest BCUT2D eigenvalue weighted by Gasteiger charge is -2.40. The van der Waals surface area contributed by atoms with Crippen LogP contribution in [0.15, 0.2) is 0 Å². The summed E-state index contributed by atoms with van der Waals surface area (Å²) in [4.78, 5) is 10.3. The largest absolute Gasteiger partial charge is 0.298 e. The van der Waals surface area contributed by atoms with Crippen LogP contribution in [0.4, 0.5) is 0 Å². The maximum absolute atomic E-state index is 2.59. The van der Waals surface area contributed by atoms with Crippen LogP contribution in [0.1, 0.15) is 154 Å². The Kier molecular flexibility index (Phi) is 16.3. The van der Waals surface area contributed by atoms with Gasteiger partial charge in [0.25, 0.3) is 0 Å². The molecule has 0 amide bonds. The van der Waals surface area contributed by atoms with Crippen molar-refractivity contribution in [1.82, 2.24) is 19.6 Å². The molecule has 0 unspecified atom stereocenters. The molecule has 0 aliphatic carbocycles. The first-order chi connectivity index (χ1) is 18.3. The van der Waals surface area contributed by atoms with Gasteiger partial charge in [0, 0.05) is 22.2 Å². The quantitative estimate of drug-likeness (QED) is 0.291. The van der Waals surface area contributed by atoms with E-state index in [1.165, 1.54) is 117 Å². The Morgan fingerprint density at radius 3 is 0.725 bits per heavy atom. The van der Waals surface area contributed by atoms with E-state index in [-0.39, 0.29) is 0 Å². The van der Waals surface area contributed by atoms with Crippen LogP contribution in [0.2, 0.25) is 0 Å². The number of likely N-dealkylation sites (tertiary alicyclic amines) is 4. The van der Waals surface area contributed by atoms with Crippen LogP contribution in [0.3, 0.4) is 0 Å². The Morgan fingerprint density at radius 2 is 0.525 bits per heavy atom. The lowest BCUT2D eigenvalue weighted by atomic mass is 9.95. The van der Waals surface area contributed by atoms with E-state index < -0.39 is 0 Å². The highest BCUT2D eigenvalue weighted by molar-refractivity contribution is 4.81. The van der Waals surface area contributed by atoms with Gasteiger partial charge < -0.3 is 0 Å². The van der Waals surface area contributed by atoms with E-state index in [1.54, 1.807) is 0 Å². The summed E-state index contributed by atoms with van der Waals surface area (Å²) < 4.78 is 0. The Labute approximate surface area is 254 Å². The highest BCUT2D eigenvalue weighted by Crippen LogP contribution is 2.23. The molecule has 240 valence electrons. The van der Waals surface area contributed by atoms with Crippen molar-refractivity contribution in [2.75, 3.05) is 52.4 Å². The van der Waals surface area contributed by atoms with Gasteiger partial charge in [-0.2, -0.15) is 0 Å². The minimum atomic E-state index is 0.389. The SMILES string of the molecule is CC(C)(C)N1CCCC1.CC(C)(C)N1CCCCC1.CC(C)(C)N1CCCCC1.CC1CCN(C(C)(C)C)CC1. The molecule has 0 saturated carbocycles. The highest BCUT2D eigenvalue weighted by Gasteiger charge is 2.26. The van der Waals surface area contributed by atoms with Crippen molar-refractivity contribution in [1.29, 1.82) is 0 Å². The van der Waals surface area contributed by atoms with Crippen molar-refractivity contribution >= 4 is 0 Å². The molecule has 0 aromatic rings. The van der Waals surface area contributed by atoms with Gasteiger partial charge in [-0.15, -0.1) is 0 Å². The van der Waals surface area contributed by atoms with Crippen LogP contribution in [0, 0.1) is 5.92 Å². The molecule has 4 aliphatic rings. The van der Waals surface area contributed by atoms with E-state index in [0.29, 0.717) is 22.2 Å². The van der Waals surface area contributed by atoms with Crippen molar-refractivity contribution in [3.8, 4) is 0 Å². The van der Waals surface area contributed by atoms with E-state index in [9.17, 15) is 0 Å². The van der Waals surface area contributed by atoms with Crippen molar-refractivity contribution in [2.45, 2.75) is 176 Å². The molecular formula is C36H76N4. The smallest absolute Gasteiger partial charge is 0.0125 e. The van der Waals surface area contributed by atoms with E-state index in [4.69, 9.17) is 0 Å². The van der Waals surface area contributed by atoms with E-state index in [1.807, 2.05) is 0 Å². The van der Waals surface area contributed by atoms with Crippen molar-refractivity contribution in [2.24, 2.45) is 5.92 Å². The van der Waals surface area contributed by atoms with Crippen molar-refractivity contribution in [3.05, 3.63) is 0 Å². The topological polar surface area (TPSA) is 13.0 Å². The Morgan fingerprint density at radius 1 is 0.325 bits per heavy atom. The summed E-state index contributed by atoms with van der Waals surface area (Å²) in [5, 5.41) is 0. The number of rotatable bonds is 0. The zero-order valence-corrected chi connectivity index (χ0v) is 30.1. The molecule has 4 aliphatic heterocycles. The monoisotopic (exact) mass is 565 g/mol. The number of hydrogen-bond donors (Lipinski definition) is 0. The fraction of sp³-hybridized carbons (Fsp3) is 1.00. The molecule has 0 radical (unpaired) electrons. The number of piperidine rings is 3. The van der Waals surface area contributed by atoms with Gasteiger partial charge in [0.1, 0.15) is 0 Å². The van der Waals surface area contributed by atoms with Crippen LogP contribution in [-0.4, -0.2) is 94.1 Å². The van der Waals surface area contributed by atoms with Crippen LogP contribution in [-0.2, 0) is 0 Å².